The summed E-state index contributed by atoms with van der Waals surface area (Å²) in [5.74, 6) is 0. The molecular weight excluding hydrogens is 504 g/mol. The fraction of sp³-hybridized carbons (Fsp3) is 0. The maximum absolute atomic E-state index is 2.33. The van der Waals surface area contributed by atoms with Crippen molar-refractivity contribution in [1.82, 2.24) is 0 Å². The maximum Gasteiger partial charge on any atom is -0.00262 e. The van der Waals surface area contributed by atoms with E-state index in [0.717, 1.165) is 0 Å². The third-order valence-electron chi connectivity index (χ3n) is 8.39. The molecule has 0 unspecified atom stereocenters. The van der Waals surface area contributed by atoms with Crippen LogP contribution in [0.5, 0.6) is 0 Å². The quantitative estimate of drug-likeness (QED) is 0.156. The molecule has 0 spiro atoms. The number of hydrogen-bond acceptors (Lipinski definition) is 0. The first kappa shape index (κ1) is 24.3. The van der Waals surface area contributed by atoms with Gasteiger partial charge in [-0.1, -0.05) is 152 Å². The highest BCUT2D eigenvalue weighted by Crippen LogP contribution is 2.44. The highest BCUT2D eigenvalue weighted by Gasteiger charge is 2.16. The van der Waals surface area contributed by atoms with Gasteiger partial charge in [-0.15, -0.1) is 0 Å². The summed E-state index contributed by atoms with van der Waals surface area (Å²) in [4.78, 5) is 0. The second kappa shape index (κ2) is 10.2. The molecule has 42 heavy (non-hydrogen) atoms. The molecule has 0 saturated heterocycles. The lowest BCUT2D eigenvalue weighted by molar-refractivity contribution is 1.63. The maximum atomic E-state index is 2.33. The molecule has 0 aliphatic carbocycles. The van der Waals surface area contributed by atoms with Crippen molar-refractivity contribution in [3.05, 3.63) is 169 Å². The summed E-state index contributed by atoms with van der Waals surface area (Å²) in [5, 5.41) is 10.2. The van der Waals surface area contributed by atoms with E-state index in [1.807, 2.05) is 0 Å². The molecular formula is C42H28. The van der Waals surface area contributed by atoms with Crippen molar-refractivity contribution in [2.45, 2.75) is 0 Å². The fourth-order valence-electron chi connectivity index (χ4n) is 6.40. The smallest absolute Gasteiger partial charge is 0.00262 e. The van der Waals surface area contributed by atoms with Gasteiger partial charge in [0, 0.05) is 0 Å². The topological polar surface area (TPSA) is 0 Å². The Kier molecular flexibility index (Phi) is 5.90. The lowest BCUT2D eigenvalue weighted by atomic mass is 9.85. The third kappa shape index (κ3) is 4.26. The van der Waals surface area contributed by atoms with Gasteiger partial charge in [0.2, 0.25) is 0 Å². The minimum atomic E-state index is 1.19. The van der Waals surface area contributed by atoms with E-state index in [1.165, 1.54) is 76.5 Å². The predicted octanol–water partition coefficient (Wildman–Crippen LogP) is 11.8. The molecule has 0 heteroatoms. The average molecular weight is 533 g/mol. The van der Waals surface area contributed by atoms with Crippen molar-refractivity contribution < 1.29 is 0 Å². The SMILES string of the molecule is C(=Cc1ccc2ccccc2c1)c1cccc(-c2c3ccccc3c(-c3ccc4ccccc4c3)c3ccccc23)c1. The van der Waals surface area contributed by atoms with Gasteiger partial charge in [-0.05, 0) is 94.7 Å². The molecule has 0 nitrogen and oxygen atoms in total. The summed E-state index contributed by atoms with van der Waals surface area (Å²) >= 11 is 0. The Bertz CT molecular complexity index is 2240. The molecule has 0 saturated carbocycles. The Labute approximate surface area is 245 Å². The lowest BCUT2D eigenvalue weighted by Crippen LogP contribution is -1.91. The molecule has 0 radical (unpaired) electrons. The number of benzene rings is 8. The molecule has 0 bridgehead atoms. The molecule has 0 aromatic heterocycles. The highest BCUT2D eigenvalue weighted by molar-refractivity contribution is 6.21. The Morgan fingerprint density at radius 1 is 0.286 bits per heavy atom. The first-order valence-electron chi connectivity index (χ1n) is 14.5. The monoisotopic (exact) mass is 532 g/mol. The van der Waals surface area contributed by atoms with Gasteiger partial charge in [-0.3, -0.25) is 0 Å². The fourth-order valence-corrected chi connectivity index (χ4v) is 6.40. The van der Waals surface area contributed by atoms with Crippen LogP contribution >= 0.6 is 0 Å². The molecule has 8 aromatic carbocycles. The van der Waals surface area contributed by atoms with Gasteiger partial charge in [0.25, 0.3) is 0 Å². The van der Waals surface area contributed by atoms with Crippen LogP contribution in [-0.4, -0.2) is 0 Å². The number of rotatable bonds is 4. The van der Waals surface area contributed by atoms with Crippen LogP contribution in [0.2, 0.25) is 0 Å². The van der Waals surface area contributed by atoms with Crippen LogP contribution in [0.1, 0.15) is 11.1 Å². The predicted molar refractivity (Wildman–Crippen MR) is 183 cm³/mol. The highest BCUT2D eigenvalue weighted by atomic mass is 14.2. The summed E-state index contributed by atoms with van der Waals surface area (Å²) in [7, 11) is 0. The van der Waals surface area contributed by atoms with Crippen molar-refractivity contribution in [3.63, 3.8) is 0 Å². The molecule has 0 amide bonds. The normalized spacial score (nSPS) is 11.7. The molecule has 196 valence electrons. The Morgan fingerprint density at radius 3 is 1.33 bits per heavy atom. The average Bonchev–Trinajstić information content (AvgIpc) is 3.06. The molecule has 8 rings (SSSR count). The van der Waals surface area contributed by atoms with Crippen LogP contribution in [0.4, 0.5) is 0 Å². The summed E-state index contributed by atoms with van der Waals surface area (Å²) in [5.41, 5.74) is 7.45. The molecule has 0 heterocycles. The summed E-state index contributed by atoms with van der Waals surface area (Å²) in [6.45, 7) is 0. The first-order chi connectivity index (χ1) is 20.8. The van der Waals surface area contributed by atoms with Crippen LogP contribution in [0, 0.1) is 0 Å². The Morgan fingerprint density at radius 2 is 0.738 bits per heavy atom. The van der Waals surface area contributed by atoms with Crippen LogP contribution in [-0.2, 0) is 0 Å². The van der Waals surface area contributed by atoms with E-state index in [1.54, 1.807) is 0 Å². The minimum Gasteiger partial charge on any atom is -0.0616 e. The Hall–Kier alpha value is -5.46. The van der Waals surface area contributed by atoms with E-state index in [4.69, 9.17) is 0 Å². The summed E-state index contributed by atoms with van der Waals surface area (Å²) in [6, 6.07) is 57.3. The largest absolute Gasteiger partial charge is 0.0616 e. The van der Waals surface area contributed by atoms with E-state index < -0.39 is 0 Å². The number of fused-ring (bicyclic) bond motifs is 4. The molecule has 0 aliphatic rings. The van der Waals surface area contributed by atoms with Crippen molar-refractivity contribution in [2.24, 2.45) is 0 Å². The van der Waals surface area contributed by atoms with Crippen LogP contribution < -0.4 is 0 Å². The minimum absolute atomic E-state index is 1.19. The van der Waals surface area contributed by atoms with Gasteiger partial charge >= 0.3 is 0 Å². The van der Waals surface area contributed by atoms with Gasteiger partial charge in [0.15, 0.2) is 0 Å². The van der Waals surface area contributed by atoms with Crippen LogP contribution in [0.15, 0.2) is 158 Å². The molecule has 0 atom stereocenters. The van der Waals surface area contributed by atoms with Gasteiger partial charge in [-0.25, -0.2) is 0 Å². The molecule has 0 aliphatic heterocycles. The third-order valence-corrected chi connectivity index (χ3v) is 8.39. The van der Waals surface area contributed by atoms with Crippen LogP contribution in [0.25, 0.3) is 77.5 Å². The lowest BCUT2D eigenvalue weighted by Gasteiger charge is -2.18. The Balaban J connectivity index is 1.30. The standard InChI is InChI=1S/C42H28/c1-3-13-33-26-30(22-23-31(33)11-1)21-20-29-10-9-15-35(27-29)41-37-16-5-7-18-39(37)42(40-19-8-6-17-38(40)41)36-25-24-32-12-2-4-14-34(32)28-36/h1-28H. The van der Waals surface area contributed by atoms with Crippen molar-refractivity contribution >= 4 is 55.2 Å². The zero-order chi connectivity index (χ0) is 27.9. The van der Waals surface area contributed by atoms with Gasteiger partial charge in [0.1, 0.15) is 0 Å². The van der Waals surface area contributed by atoms with E-state index in [-0.39, 0.29) is 0 Å². The first-order valence-corrected chi connectivity index (χ1v) is 14.5. The van der Waals surface area contributed by atoms with E-state index in [2.05, 4.69) is 170 Å². The van der Waals surface area contributed by atoms with Crippen LogP contribution in [0.3, 0.4) is 0 Å². The second-order valence-corrected chi connectivity index (χ2v) is 11.0. The summed E-state index contributed by atoms with van der Waals surface area (Å²) in [6.07, 6.45) is 4.44. The van der Waals surface area contributed by atoms with E-state index in [9.17, 15) is 0 Å². The van der Waals surface area contributed by atoms with Gasteiger partial charge in [-0.2, -0.15) is 0 Å². The number of hydrogen-bond donors (Lipinski definition) is 0. The van der Waals surface area contributed by atoms with E-state index in [0.29, 0.717) is 0 Å². The van der Waals surface area contributed by atoms with Gasteiger partial charge in [0.05, 0.1) is 0 Å². The van der Waals surface area contributed by atoms with Crippen molar-refractivity contribution in [1.29, 1.82) is 0 Å². The van der Waals surface area contributed by atoms with E-state index >= 15 is 0 Å². The van der Waals surface area contributed by atoms with Crippen molar-refractivity contribution in [3.8, 4) is 22.3 Å². The zero-order valence-electron chi connectivity index (χ0n) is 23.2. The van der Waals surface area contributed by atoms with Crippen molar-refractivity contribution in [2.75, 3.05) is 0 Å². The zero-order valence-corrected chi connectivity index (χ0v) is 23.2. The second-order valence-electron chi connectivity index (χ2n) is 11.0. The molecule has 0 N–H and O–H groups in total. The molecule has 0 fully saturated rings. The van der Waals surface area contributed by atoms with Gasteiger partial charge < -0.3 is 0 Å². The molecule has 8 aromatic rings. The summed E-state index contributed by atoms with van der Waals surface area (Å²) < 4.78 is 0.